The number of aromatic nitrogens is 1. The van der Waals surface area contributed by atoms with Crippen molar-refractivity contribution in [3.05, 3.63) is 47.3 Å². The second-order valence-electron chi connectivity index (χ2n) is 7.97. The average Bonchev–Trinajstić information content (AvgIpc) is 3.48. The first-order valence-corrected chi connectivity index (χ1v) is 11.3. The maximum absolute atomic E-state index is 6.39. The number of hydrogen-bond acceptors (Lipinski definition) is 6. The van der Waals surface area contributed by atoms with E-state index in [9.17, 15) is 0 Å². The number of nitrogens with zero attached hydrogens (tertiary/aromatic N) is 2. The standard InChI is InChI=1S/C24H35N3O3/c1-3-24(25,4-2)22-18-21(30-27-22)10-8-6-5-7-9-16-28-20-13-11-19(12-14-20)23-26-15-17-29-23/h11-14,18H,3-10,15-17,25H2,1-2H3. The van der Waals surface area contributed by atoms with E-state index in [2.05, 4.69) is 24.0 Å². The molecule has 0 spiro atoms. The van der Waals surface area contributed by atoms with Gasteiger partial charge in [0, 0.05) is 18.1 Å². The molecule has 0 radical (unpaired) electrons. The van der Waals surface area contributed by atoms with Crippen molar-refractivity contribution in [1.29, 1.82) is 0 Å². The summed E-state index contributed by atoms with van der Waals surface area (Å²) in [6, 6.07) is 10.0. The van der Waals surface area contributed by atoms with Gasteiger partial charge in [-0.15, -0.1) is 0 Å². The van der Waals surface area contributed by atoms with E-state index >= 15 is 0 Å². The summed E-state index contributed by atoms with van der Waals surface area (Å²) in [5, 5.41) is 4.20. The molecular weight excluding hydrogens is 378 g/mol. The highest BCUT2D eigenvalue weighted by Gasteiger charge is 2.26. The fourth-order valence-corrected chi connectivity index (χ4v) is 3.60. The SMILES string of the molecule is CCC(N)(CC)c1cc(CCCCCCCOc2ccc(C3=NCCO3)cc2)on1. The second kappa shape index (κ2) is 11.2. The predicted molar refractivity (Wildman–Crippen MR) is 119 cm³/mol. The van der Waals surface area contributed by atoms with Gasteiger partial charge in [-0.25, -0.2) is 4.99 Å². The summed E-state index contributed by atoms with van der Waals surface area (Å²) in [5.74, 6) is 2.58. The average molecular weight is 414 g/mol. The Morgan fingerprint density at radius 1 is 1.03 bits per heavy atom. The van der Waals surface area contributed by atoms with Crippen molar-refractivity contribution >= 4 is 5.90 Å². The van der Waals surface area contributed by atoms with Crippen LogP contribution in [0.2, 0.25) is 0 Å². The first-order valence-electron chi connectivity index (χ1n) is 11.3. The van der Waals surface area contributed by atoms with Gasteiger partial charge >= 0.3 is 0 Å². The fourth-order valence-electron chi connectivity index (χ4n) is 3.60. The quantitative estimate of drug-likeness (QED) is 0.467. The number of nitrogens with two attached hydrogens (primary N) is 1. The molecule has 6 heteroatoms. The van der Waals surface area contributed by atoms with E-state index in [1.54, 1.807) is 0 Å². The maximum atomic E-state index is 6.39. The molecule has 2 heterocycles. The molecule has 0 fully saturated rings. The van der Waals surface area contributed by atoms with Crippen molar-refractivity contribution in [2.45, 2.75) is 70.8 Å². The van der Waals surface area contributed by atoms with Gasteiger partial charge in [-0.1, -0.05) is 38.3 Å². The van der Waals surface area contributed by atoms with Gasteiger partial charge in [-0.05, 0) is 49.9 Å². The number of benzene rings is 1. The minimum Gasteiger partial charge on any atom is -0.494 e. The molecule has 0 atom stereocenters. The molecule has 1 aromatic carbocycles. The van der Waals surface area contributed by atoms with Crippen LogP contribution < -0.4 is 10.5 Å². The van der Waals surface area contributed by atoms with E-state index in [1.807, 2.05) is 30.3 Å². The summed E-state index contributed by atoms with van der Waals surface area (Å²) >= 11 is 0. The van der Waals surface area contributed by atoms with Crippen LogP contribution in [-0.2, 0) is 16.7 Å². The molecule has 2 aromatic rings. The third kappa shape index (κ3) is 6.08. The smallest absolute Gasteiger partial charge is 0.216 e. The van der Waals surface area contributed by atoms with E-state index in [0.29, 0.717) is 6.61 Å². The van der Waals surface area contributed by atoms with Crippen LogP contribution in [0.15, 0.2) is 39.8 Å². The number of aryl methyl sites for hydroxylation is 1. The van der Waals surface area contributed by atoms with E-state index < -0.39 is 0 Å². The van der Waals surface area contributed by atoms with Crippen LogP contribution in [0.3, 0.4) is 0 Å². The van der Waals surface area contributed by atoms with Gasteiger partial charge < -0.3 is 19.7 Å². The van der Waals surface area contributed by atoms with Gasteiger partial charge in [0.15, 0.2) is 0 Å². The molecular formula is C24H35N3O3. The Bertz CT molecular complexity index is 794. The number of unbranched alkanes of at least 4 members (excludes halogenated alkanes) is 4. The summed E-state index contributed by atoms with van der Waals surface area (Å²) < 4.78 is 16.8. The molecule has 0 amide bonds. The van der Waals surface area contributed by atoms with Gasteiger partial charge in [-0.3, -0.25) is 0 Å². The van der Waals surface area contributed by atoms with Crippen molar-refractivity contribution in [1.82, 2.24) is 5.16 Å². The molecule has 0 saturated carbocycles. The highest BCUT2D eigenvalue weighted by Crippen LogP contribution is 2.25. The third-order valence-corrected chi connectivity index (χ3v) is 5.85. The van der Waals surface area contributed by atoms with Crippen LogP contribution >= 0.6 is 0 Å². The minimum absolute atomic E-state index is 0.361. The van der Waals surface area contributed by atoms with Crippen molar-refractivity contribution < 1.29 is 14.0 Å². The van der Waals surface area contributed by atoms with Crippen molar-refractivity contribution in [2.75, 3.05) is 19.8 Å². The monoisotopic (exact) mass is 413 g/mol. The molecule has 3 rings (SSSR count). The molecule has 1 aliphatic rings. The molecule has 0 unspecified atom stereocenters. The van der Waals surface area contributed by atoms with Crippen LogP contribution in [0.25, 0.3) is 0 Å². The lowest BCUT2D eigenvalue weighted by Crippen LogP contribution is -2.35. The van der Waals surface area contributed by atoms with Crippen molar-refractivity contribution in [2.24, 2.45) is 10.7 Å². The van der Waals surface area contributed by atoms with Crippen LogP contribution in [0, 0.1) is 0 Å². The van der Waals surface area contributed by atoms with Crippen LogP contribution in [-0.4, -0.2) is 30.8 Å². The fraction of sp³-hybridized carbons (Fsp3) is 0.583. The number of ether oxygens (including phenoxy) is 2. The highest BCUT2D eigenvalue weighted by atomic mass is 16.5. The Labute approximate surface area is 179 Å². The van der Waals surface area contributed by atoms with E-state index in [0.717, 1.165) is 73.9 Å². The zero-order valence-corrected chi connectivity index (χ0v) is 18.4. The third-order valence-electron chi connectivity index (χ3n) is 5.85. The van der Waals surface area contributed by atoms with Crippen molar-refractivity contribution in [3.63, 3.8) is 0 Å². The molecule has 0 bridgehead atoms. The molecule has 0 saturated heterocycles. The Kier molecular flexibility index (Phi) is 8.31. The lowest BCUT2D eigenvalue weighted by atomic mass is 9.90. The zero-order valence-electron chi connectivity index (χ0n) is 18.4. The summed E-state index contributed by atoms with van der Waals surface area (Å²) in [6.45, 7) is 6.36. The van der Waals surface area contributed by atoms with Crippen LogP contribution in [0.1, 0.15) is 75.8 Å². The largest absolute Gasteiger partial charge is 0.494 e. The Hall–Kier alpha value is -2.34. The number of hydrogen-bond donors (Lipinski definition) is 1. The molecule has 6 nitrogen and oxygen atoms in total. The van der Waals surface area contributed by atoms with Crippen LogP contribution in [0.5, 0.6) is 5.75 Å². The van der Waals surface area contributed by atoms with Gasteiger partial charge in [-0.2, -0.15) is 0 Å². The summed E-state index contributed by atoms with van der Waals surface area (Å²) in [4.78, 5) is 4.32. The minimum atomic E-state index is -0.361. The van der Waals surface area contributed by atoms with Gasteiger partial charge in [0.1, 0.15) is 23.8 Å². The van der Waals surface area contributed by atoms with Gasteiger partial charge in [0.05, 0.1) is 18.7 Å². The molecule has 2 N–H and O–H groups in total. The Balaban J connectivity index is 1.25. The highest BCUT2D eigenvalue weighted by molar-refractivity contribution is 5.94. The first-order chi connectivity index (χ1) is 14.6. The van der Waals surface area contributed by atoms with E-state index in [4.69, 9.17) is 19.7 Å². The van der Waals surface area contributed by atoms with E-state index in [1.165, 1.54) is 19.3 Å². The Morgan fingerprint density at radius 2 is 1.77 bits per heavy atom. The Morgan fingerprint density at radius 3 is 2.47 bits per heavy atom. The molecule has 0 aliphatic carbocycles. The predicted octanol–water partition coefficient (Wildman–Crippen LogP) is 5.00. The summed E-state index contributed by atoms with van der Waals surface area (Å²) in [7, 11) is 0. The molecule has 164 valence electrons. The first kappa shape index (κ1) is 22.3. The topological polar surface area (TPSA) is 82.9 Å². The molecule has 1 aromatic heterocycles. The van der Waals surface area contributed by atoms with Gasteiger partial charge in [0.2, 0.25) is 5.90 Å². The molecule has 30 heavy (non-hydrogen) atoms. The van der Waals surface area contributed by atoms with E-state index in [-0.39, 0.29) is 5.54 Å². The normalized spacial score (nSPS) is 13.9. The number of rotatable bonds is 13. The van der Waals surface area contributed by atoms with Crippen molar-refractivity contribution in [3.8, 4) is 5.75 Å². The lowest BCUT2D eigenvalue weighted by Gasteiger charge is -2.23. The lowest BCUT2D eigenvalue weighted by molar-refractivity contribution is 0.304. The number of aliphatic imine (C=N–C) groups is 1. The maximum Gasteiger partial charge on any atom is 0.216 e. The summed E-state index contributed by atoms with van der Waals surface area (Å²) in [6.07, 6.45) is 8.38. The van der Waals surface area contributed by atoms with Gasteiger partial charge in [0.25, 0.3) is 0 Å². The molecule has 1 aliphatic heterocycles. The zero-order chi connectivity index (χ0) is 21.2. The van der Waals surface area contributed by atoms with Crippen LogP contribution in [0.4, 0.5) is 0 Å². The second-order valence-corrected chi connectivity index (χ2v) is 7.97. The summed E-state index contributed by atoms with van der Waals surface area (Å²) in [5.41, 5.74) is 7.93.